The standard InChI is InChI=1S/C8H6F4O4S/c9-8(10,11)5-15-6-2-1-3-7(4-6)16-17(12,13)14/h1-4H,5H2. The first-order valence-corrected chi connectivity index (χ1v) is 5.40. The van der Waals surface area contributed by atoms with Gasteiger partial charge in [0.1, 0.15) is 11.5 Å². The normalized spacial score (nSPS) is 12.2. The van der Waals surface area contributed by atoms with Crippen molar-refractivity contribution in [2.45, 2.75) is 6.18 Å². The van der Waals surface area contributed by atoms with Crippen molar-refractivity contribution < 1.29 is 34.4 Å². The van der Waals surface area contributed by atoms with E-state index in [0.717, 1.165) is 24.3 Å². The van der Waals surface area contributed by atoms with Crippen LogP contribution >= 0.6 is 0 Å². The molecule has 0 atom stereocenters. The van der Waals surface area contributed by atoms with Gasteiger partial charge in [-0.2, -0.15) is 21.6 Å². The highest BCUT2D eigenvalue weighted by molar-refractivity contribution is 7.81. The number of benzene rings is 1. The average molecular weight is 274 g/mol. The average Bonchev–Trinajstić information content (AvgIpc) is 2.11. The summed E-state index contributed by atoms with van der Waals surface area (Å²) >= 11 is 0. The van der Waals surface area contributed by atoms with Crippen LogP contribution in [0.1, 0.15) is 0 Å². The van der Waals surface area contributed by atoms with Crippen LogP contribution in [0.25, 0.3) is 0 Å². The Balaban J connectivity index is 2.73. The van der Waals surface area contributed by atoms with Crippen molar-refractivity contribution in [2.75, 3.05) is 6.61 Å². The molecule has 17 heavy (non-hydrogen) atoms. The lowest BCUT2D eigenvalue weighted by Gasteiger charge is -2.09. The van der Waals surface area contributed by atoms with Gasteiger partial charge < -0.3 is 8.92 Å². The second-order valence-electron chi connectivity index (χ2n) is 2.86. The monoisotopic (exact) mass is 274 g/mol. The molecular formula is C8H6F4O4S. The van der Waals surface area contributed by atoms with Crippen molar-refractivity contribution in [3.05, 3.63) is 24.3 Å². The number of hydrogen-bond acceptors (Lipinski definition) is 4. The smallest absolute Gasteiger partial charge is 0.484 e. The molecule has 0 fully saturated rings. The van der Waals surface area contributed by atoms with Gasteiger partial charge in [-0.05, 0) is 12.1 Å². The molecule has 0 unspecified atom stereocenters. The highest BCUT2D eigenvalue weighted by atomic mass is 32.3. The second-order valence-corrected chi connectivity index (χ2v) is 3.81. The van der Waals surface area contributed by atoms with Gasteiger partial charge in [-0.1, -0.05) is 9.95 Å². The molecular weight excluding hydrogens is 268 g/mol. The molecule has 0 radical (unpaired) electrons. The maximum absolute atomic E-state index is 12.1. The number of rotatable bonds is 4. The molecule has 1 aromatic carbocycles. The van der Waals surface area contributed by atoms with Crippen LogP contribution in [-0.2, 0) is 10.5 Å². The van der Waals surface area contributed by atoms with Gasteiger partial charge in [-0.15, -0.1) is 0 Å². The van der Waals surface area contributed by atoms with Crippen LogP contribution < -0.4 is 8.92 Å². The van der Waals surface area contributed by atoms with E-state index in [9.17, 15) is 25.5 Å². The first-order valence-electron chi connectivity index (χ1n) is 4.09. The summed E-state index contributed by atoms with van der Waals surface area (Å²) in [6.07, 6.45) is -4.52. The minimum atomic E-state index is -5.22. The van der Waals surface area contributed by atoms with Crippen molar-refractivity contribution in [1.82, 2.24) is 0 Å². The van der Waals surface area contributed by atoms with Gasteiger partial charge in [0.05, 0.1) is 0 Å². The summed E-state index contributed by atoms with van der Waals surface area (Å²) in [4.78, 5) is 0. The Hall–Kier alpha value is -1.51. The maximum atomic E-state index is 12.1. The van der Waals surface area contributed by atoms with E-state index >= 15 is 0 Å². The Kier molecular flexibility index (Phi) is 3.81. The van der Waals surface area contributed by atoms with Crippen LogP contribution in [0, 0.1) is 0 Å². The molecule has 96 valence electrons. The maximum Gasteiger partial charge on any atom is 0.488 e. The molecule has 1 aromatic rings. The summed E-state index contributed by atoms with van der Waals surface area (Å²) in [7, 11) is -5.22. The molecule has 0 aliphatic rings. The van der Waals surface area contributed by atoms with Crippen molar-refractivity contribution in [1.29, 1.82) is 0 Å². The van der Waals surface area contributed by atoms with E-state index < -0.39 is 29.0 Å². The zero-order valence-corrected chi connectivity index (χ0v) is 8.89. The SMILES string of the molecule is O=S(=O)(F)Oc1cccc(OCC(F)(F)F)c1. The molecule has 1 rings (SSSR count). The number of alkyl halides is 3. The Morgan fingerprint density at radius 1 is 1.18 bits per heavy atom. The largest absolute Gasteiger partial charge is 0.488 e. The lowest BCUT2D eigenvalue weighted by molar-refractivity contribution is -0.153. The molecule has 0 bridgehead atoms. The summed E-state index contributed by atoms with van der Waals surface area (Å²) in [5.74, 6) is -0.768. The lowest BCUT2D eigenvalue weighted by Crippen LogP contribution is -2.19. The van der Waals surface area contributed by atoms with Gasteiger partial charge in [0.2, 0.25) is 0 Å². The predicted octanol–water partition coefficient (Wildman–Crippen LogP) is 2.22. The summed E-state index contributed by atoms with van der Waals surface area (Å²) in [5, 5.41) is 0. The summed E-state index contributed by atoms with van der Waals surface area (Å²) in [5.41, 5.74) is 0. The molecule has 4 nitrogen and oxygen atoms in total. The van der Waals surface area contributed by atoms with Gasteiger partial charge in [0, 0.05) is 6.07 Å². The summed E-state index contributed by atoms with van der Waals surface area (Å²) in [6.45, 7) is -1.54. The summed E-state index contributed by atoms with van der Waals surface area (Å²) in [6, 6.07) is 4.18. The van der Waals surface area contributed by atoms with Gasteiger partial charge in [0.15, 0.2) is 6.61 Å². The fourth-order valence-corrected chi connectivity index (χ4v) is 1.23. The van der Waals surface area contributed by atoms with Gasteiger partial charge in [-0.25, -0.2) is 0 Å². The number of ether oxygens (including phenoxy) is 1. The Bertz CT molecular complexity index is 483. The molecule has 0 saturated carbocycles. The number of hydrogen-bond donors (Lipinski definition) is 0. The second kappa shape index (κ2) is 4.78. The predicted molar refractivity (Wildman–Crippen MR) is 48.6 cm³/mol. The van der Waals surface area contributed by atoms with Crippen LogP contribution in [0.3, 0.4) is 0 Å². The van der Waals surface area contributed by atoms with Crippen LogP contribution in [0.5, 0.6) is 11.5 Å². The van der Waals surface area contributed by atoms with E-state index in [2.05, 4.69) is 8.92 Å². The van der Waals surface area contributed by atoms with E-state index in [4.69, 9.17) is 0 Å². The third-order valence-electron chi connectivity index (χ3n) is 1.40. The van der Waals surface area contributed by atoms with Crippen molar-refractivity contribution >= 4 is 10.5 Å². The topological polar surface area (TPSA) is 52.6 Å². The Morgan fingerprint density at radius 2 is 1.76 bits per heavy atom. The zero-order chi connectivity index (χ0) is 13.1. The molecule has 0 saturated heterocycles. The highest BCUT2D eigenvalue weighted by Gasteiger charge is 2.28. The van der Waals surface area contributed by atoms with Crippen LogP contribution in [-0.4, -0.2) is 21.2 Å². The van der Waals surface area contributed by atoms with Crippen LogP contribution in [0.4, 0.5) is 17.1 Å². The molecule has 0 aliphatic carbocycles. The molecule has 0 spiro atoms. The molecule has 0 N–H and O–H groups in total. The van der Waals surface area contributed by atoms with Crippen molar-refractivity contribution in [3.63, 3.8) is 0 Å². The minimum absolute atomic E-state index is 0.288. The van der Waals surface area contributed by atoms with Gasteiger partial charge in [0.25, 0.3) is 0 Å². The summed E-state index contributed by atoms with van der Waals surface area (Å²) < 4.78 is 75.9. The van der Waals surface area contributed by atoms with Crippen LogP contribution in [0.15, 0.2) is 24.3 Å². The van der Waals surface area contributed by atoms with E-state index in [1.165, 1.54) is 0 Å². The van der Waals surface area contributed by atoms with E-state index in [0.29, 0.717) is 0 Å². The van der Waals surface area contributed by atoms with Crippen molar-refractivity contribution in [2.24, 2.45) is 0 Å². The lowest BCUT2D eigenvalue weighted by atomic mass is 10.3. The third kappa shape index (κ3) is 5.95. The molecule has 0 aliphatic heterocycles. The Morgan fingerprint density at radius 3 is 2.29 bits per heavy atom. The van der Waals surface area contributed by atoms with E-state index in [-0.39, 0.29) is 5.75 Å². The first-order chi connectivity index (χ1) is 7.66. The molecule has 0 heterocycles. The molecule has 9 heteroatoms. The van der Waals surface area contributed by atoms with Crippen molar-refractivity contribution in [3.8, 4) is 11.5 Å². The molecule has 0 amide bonds. The molecule has 0 aromatic heterocycles. The Labute approximate surface area is 94.2 Å². The fourth-order valence-electron chi connectivity index (χ4n) is 0.896. The fraction of sp³-hybridized carbons (Fsp3) is 0.250. The van der Waals surface area contributed by atoms with Gasteiger partial charge in [-0.3, -0.25) is 0 Å². The van der Waals surface area contributed by atoms with E-state index in [1.807, 2.05) is 0 Å². The third-order valence-corrected chi connectivity index (χ3v) is 1.80. The highest BCUT2D eigenvalue weighted by Crippen LogP contribution is 2.23. The minimum Gasteiger partial charge on any atom is -0.484 e. The van der Waals surface area contributed by atoms with Crippen LogP contribution in [0.2, 0.25) is 0 Å². The first kappa shape index (κ1) is 13.6. The zero-order valence-electron chi connectivity index (χ0n) is 8.07. The van der Waals surface area contributed by atoms with E-state index in [1.54, 1.807) is 0 Å². The van der Waals surface area contributed by atoms with Gasteiger partial charge >= 0.3 is 16.7 Å². The number of halogens is 4. The quantitative estimate of drug-likeness (QED) is 0.624.